The predicted molar refractivity (Wildman–Crippen MR) is 151 cm³/mol. The molecule has 3 aromatic carbocycles. The number of rotatable bonds is 9. The lowest BCUT2D eigenvalue weighted by Crippen LogP contribution is -2.22. The van der Waals surface area contributed by atoms with E-state index in [1.165, 1.54) is 11.1 Å². The van der Waals surface area contributed by atoms with Crippen LogP contribution in [0.3, 0.4) is 0 Å². The van der Waals surface area contributed by atoms with Crippen molar-refractivity contribution in [2.24, 2.45) is 0 Å². The van der Waals surface area contributed by atoms with Gasteiger partial charge in [0.25, 0.3) is 0 Å². The predicted octanol–water partition coefficient (Wildman–Crippen LogP) is 5.79. The Hall–Kier alpha value is -4.37. The van der Waals surface area contributed by atoms with Crippen molar-refractivity contribution in [1.82, 2.24) is 35.0 Å². The summed E-state index contributed by atoms with van der Waals surface area (Å²) in [7, 11) is 0. The lowest BCUT2D eigenvalue weighted by molar-refractivity contribution is 0.744. The van der Waals surface area contributed by atoms with Gasteiger partial charge in [-0.25, -0.2) is 14.3 Å². The molecular weight excluding hydrogens is 492 g/mol. The molecule has 38 heavy (non-hydrogen) atoms. The average molecular weight is 521 g/mol. The highest BCUT2D eigenvalue weighted by Gasteiger charge is 2.18. The minimum atomic E-state index is 0.547. The number of nitrogens with zero attached hydrogens (tertiary/aromatic N) is 8. The summed E-state index contributed by atoms with van der Waals surface area (Å²) >= 11 is 1.66. The molecule has 0 spiro atoms. The molecule has 0 fully saturated rings. The summed E-state index contributed by atoms with van der Waals surface area (Å²) in [5.41, 5.74) is 7.26. The fraction of sp³-hybridized carbons (Fsp3) is 0.207. The van der Waals surface area contributed by atoms with Gasteiger partial charge in [0.05, 0.1) is 47.1 Å². The average Bonchev–Trinajstić information content (AvgIpc) is 3.73. The maximum Gasteiger partial charge on any atom is 0.187 e. The van der Waals surface area contributed by atoms with Gasteiger partial charge in [-0.2, -0.15) is 0 Å². The Morgan fingerprint density at radius 3 is 1.71 bits per heavy atom. The largest absolute Gasteiger partial charge is 0.336 e. The molecule has 9 heteroatoms. The summed E-state index contributed by atoms with van der Waals surface area (Å²) in [4.78, 5) is 7.10. The van der Waals surface area contributed by atoms with Crippen LogP contribution in [0.1, 0.15) is 36.4 Å². The molecule has 0 bridgehead atoms. The Labute approximate surface area is 225 Å². The lowest BCUT2D eigenvalue weighted by atomic mass is 10.1. The molecule has 3 heterocycles. The van der Waals surface area contributed by atoms with Crippen molar-refractivity contribution in [2.75, 3.05) is 4.90 Å². The van der Waals surface area contributed by atoms with Crippen LogP contribution in [-0.2, 0) is 25.9 Å². The van der Waals surface area contributed by atoms with E-state index in [0.717, 1.165) is 51.0 Å². The van der Waals surface area contributed by atoms with Crippen molar-refractivity contribution in [2.45, 2.75) is 39.8 Å². The van der Waals surface area contributed by atoms with Gasteiger partial charge in [-0.1, -0.05) is 72.0 Å². The van der Waals surface area contributed by atoms with E-state index in [2.05, 4.69) is 94.0 Å². The van der Waals surface area contributed by atoms with Gasteiger partial charge in [0, 0.05) is 0 Å². The molecule has 0 saturated carbocycles. The molecule has 6 rings (SSSR count). The molecule has 0 aliphatic carbocycles. The topological polar surface area (TPSA) is 77.5 Å². The number of para-hydroxylation sites is 1. The minimum absolute atomic E-state index is 0.547. The van der Waals surface area contributed by atoms with E-state index in [1.54, 1.807) is 11.3 Å². The summed E-state index contributed by atoms with van der Waals surface area (Å²) in [6.07, 6.45) is 5.98. The first-order valence-corrected chi connectivity index (χ1v) is 13.6. The van der Waals surface area contributed by atoms with Crippen molar-refractivity contribution in [3.05, 3.63) is 108 Å². The summed E-state index contributed by atoms with van der Waals surface area (Å²) in [6.45, 7) is 5.40. The van der Waals surface area contributed by atoms with Gasteiger partial charge >= 0.3 is 0 Å². The van der Waals surface area contributed by atoms with Crippen molar-refractivity contribution >= 4 is 26.7 Å². The third-order valence-corrected chi connectivity index (χ3v) is 7.66. The molecule has 8 nitrogen and oxygen atoms in total. The molecule has 0 atom stereocenters. The number of fused-ring (bicyclic) bond motifs is 1. The molecule has 0 saturated heterocycles. The Morgan fingerprint density at radius 2 is 1.21 bits per heavy atom. The first-order valence-electron chi connectivity index (χ1n) is 12.8. The maximum absolute atomic E-state index is 4.91. The zero-order valence-electron chi connectivity index (χ0n) is 21.4. The number of aromatic nitrogens is 7. The number of thiazole rings is 1. The highest BCUT2D eigenvalue weighted by Crippen LogP contribution is 2.30. The number of benzene rings is 3. The number of hydrogen-bond donors (Lipinski definition) is 0. The van der Waals surface area contributed by atoms with Crippen molar-refractivity contribution in [3.63, 3.8) is 0 Å². The van der Waals surface area contributed by atoms with Crippen molar-refractivity contribution in [3.8, 4) is 11.4 Å². The van der Waals surface area contributed by atoms with Crippen molar-refractivity contribution in [1.29, 1.82) is 0 Å². The van der Waals surface area contributed by atoms with Crippen LogP contribution in [0.2, 0.25) is 0 Å². The summed E-state index contributed by atoms with van der Waals surface area (Å²) in [5.74, 6) is 0. The first-order chi connectivity index (χ1) is 18.7. The zero-order chi connectivity index (χ0) is 25.9. The summed E-state index contributed by atoms with van der Waals surface area (Å²) < 4.78 is 4.79. The number of aryl methyl sites for hydroxylation is 2. The van der Waals surface area contributed by atoms with E-state index in [0.29, 0.717) is 13.1 Å². The molecule has 3 aromatic heterocycles. The Balaban J connectivity index is 1.27. The van der Waals surface area contributed by atoms with Crippen LogP contribution < -0.4 is 4.90 Å². The van der Waals surface area contributed by atoms with Gasteiger partial charge in [0.1, 0.15) is 11.4 Å². The maximum atomic E-state index is 4.91. The second kappa shape index (κ2) is 10.5. The van der Waals surface area contributed by atoms with E-state index in [9.17, 15) is 0 Å². The SMILES string of the molecule is CCc1ccc(-n2cc(CN(Cc3cn(-c4ccc(CC)cc4)nn3)c3nc4ccccc4s3)nn2)cc1. The fourth-order valence-corrected chi connectivity index (χ4v) is 5.30. The fourth-order valence-electron chi connectivity index (χ4n) is 4.34. The van der Waals surface area contributed by atoms with E-state index in [4.69, 9.17) is 4.98 Å². The second-order valence-electron chi connectivity index (χ2n) is 9.17. The molecule has 0 N–H and O–H groups in total. The van der Waals surface area contributed by atoms with Crippen LogP contribution in [0.15, 0.2) is 85.2 Å². The molecule has 190 valence electrons. The Kier molecular flexibility index (Phi) is 6.66. The van der Waals surface area contributed by atoms with Gasteiger partial charge < -0.3 is 4.90 Å². The molecule has 0 aliphatic heterocycles. The van der Waals surface area contributed by atoms with Crippen LogP contribution in [-0.4, -0.2) is 35.0 Å². The Bertz CT molecular complexity index is 1530. The van der Waals surface area contributed by atoms with Gasteiger partial charge in [-0.15, -0.1) is 10.2 Å². The Morgan fingerprint density at radius 1 is 0.684 bits per heavy atom. The first kappa shape index (κ1) is 24.0. The zero-order valence-corrected chi connectivity index (χ0v) is 22.2. The highest BCUT2D eigenvalue weighted by atomic mass is 32.1. The lowest BCUT2D eigenvalue weighted by Gasteiger charge is -2.19. The monoisotopic (exact) mass is 520 g/mol. The second-order valence-corrected chi connectivity index (χ2v) is 10.2. The molecular formula is C29H28N8S. The van der Waals surface area contributed by atoms with Crippen LogP contribution in [0.5, 0.6) is 0 Å². The number of hydrogen-bond acceptors (Lipinski definition) is 7. The van der Waals surface area contributed by atoms with Crippen LogP contribution >= 0.6 is 11.3 Å². The van der Waals surface area contributed by atoms with Crippen LogP contribution in [0, 0.1) is 0 Å². The van der Waals surface area contributed by atoms with Crippen LogP contribution in [0.4, 0.5) is 5.13 Å². The van der Waals surface area contributed by atoms with Gasteiger partial charge in [0.2, 0.25) is 0 Å². The van der Waals surface area contributed by atoms with Gasteiger partial charge in [-0.05, 0) is 60.4 Å². The van der Waals surface area contributed by atoms with E-state index in [-0.39, 0.29) is 0 Å². The molecule has 6 aromatic rings. The van der Waals surface area contributed by atoms with E-state index < -0.39 is 0 Å². The minimum Gasteiger partial charge on any atom is -0.336 e. The molecule has 0 radical (unpaired) electrons. The summed E-state index contributed by atoms with van der Waals surface area (Å²) in [6, 6.07) is 25.0. The highest BCUT2D eigenvalue weighted by molar-refractivity contribution is 7.22. The standard InChI is InChI=1S/C29H28N8S/c1-3-21-9-13-25(14-10-21)36-19-23(31-33-36)17-35(29-30-27-7-5-6-8-28(27)38-29)18-24-20-37(34-32-24)26-15-11-22(4-2)12-16-26/h5-16,19-20H,3-4,17-18H2,1-2H3. The number of anilines is 1. The molecule has 0 amide bonds. The van der Waals surface area contributed by atoms with E-state index >= 15 is 0 Å². The van der Waals surface area contributed by atoms with Crippen LogP contribution in [0.25, 0.3) is 21.6 Å². The van der Waals surface area contributed by atoms with E-state index in [1.807, 2.05) is 40.0 Å². The smallest absolute Gasteiger partial charge is 0.187 e. The van der Waals surface area contributed by atoms with Crippen molar-refractivity contribution < 1.29 is 0 Å². The normalized spacial score (nSPS) is 11.3. The molecule has 0 unspecified atom stereocenters. The quantitative estimate of drug-likeness (QED) is 0.240. The molecule has 0 aliphatic rings. The third kappa shape index (κ3) is 5.05. The third-order valence-electron chi connectivity index (χ3n) is 6.56. The van der Waals surface area contributed by atoms with Gasteiger partial charge in [0.15, 0.2) is 5.13 Å². The summed E-state index contributed by atoms with van der Waals surface area (Å²) in [5, 5.41) is 18.6. The van der Waals surface area contributed by atoms with Gasteiger partial charge in [-0.3, -0.25) is 0 Å².